The number of ether oxygens (including phenoxy) is 1. The highest BCUT2D eigenvalue weighted by Crippen LogP contribution is 2.28. The summed E-state index contributed by atoms with van der Waals surface area (Å²) in [5.41, 5.74) is 0.468. The quantitative estimate of drug-likeness (QED) is 0.652. The molecule has 0 spiro atoms. The number of aliphatic hydroxyl groups is 3. The highest BCUT2D eigenvalue weighted by Gasteiger charge is 2.43. The second-order valence-electron chi connectivity index (χ2n) is 4.98. The molecule has 4 atom stereocenters. The summed E-state index contributed by atoms with van der Waals surface area (Å²) in [6.07, 6.45) is -1.08. The normalized spacial score (nSPS) is 30.2. The van der Waals surface area contributed by atoms with E-state index in [1.807, 2.05) is 11.6 Å². The third-order valence-electron chi connectivity index (χ3n) is 3.77. The number of rotatable bonds is 2. The second kappa shape index (κ2) is 4.71. The lowest BCUT2D eigenvalue weighted by Crippen LogP contribution is -2.35. The molecule has 4 unspecified atom stereocenters. The fourth-order valence-electron chi connectivity index (χ4n) is 2.60. The Balaban J connectivity index is 2.07. The predicted octanol–water partition coefficient (Wildman–Crippen LogP) is -1.05. The molecule has 108 valence electrons. The minimum Gasteiger partial charge on any atom is -0.394 e. The molecule has 0 radical (unpaired) electrons. The van der Waals surface area contributed by atoms with Crippen LogP contribution in [0.4, 0.5) is 0 Å². The van der Waals surface area contributed by atoms with Crippen LogP contribution in [0.2, 0.25) is 0 Å². The first-order valence-corrected chi connectivity index (χ1v) is 6.33. The molecule has 0 saturated carbocycles. The third-order valence-corrected chi connectivity index (χ3v) is 3.77. The van der Waals surface area contributed by atoms with Gasteiger partial charge in [-0.2, -0.15) is 0 Å². The summed E-state index contributed by atoms with van der Waals surface area (Å²) in [6.45, 7) is -0.420. The molecule has 0 aromatic carbocycles. The zero-order valence-electron chi connectivity index (χ0n) is 10.9. The molecule has 1 aliphatic rings. The molecule has 20 heavy (non-hydrogen) atoms. The van der Waals surface area contributed by atoms with Crippen molar-refractivity contribution in [1.82, 2.24) is 9.13 Å². The van der Waals surface area contributed by atoms with Crippen molar-refractivity contribution in [2.75, 3.05) is 6.61 Å². The van der Waals surface area contributed by atoms with Crippen molar-refractivity contribution in [2.24, 2.45) is 7.05 Å². The van der Waals surface area contributed by atoms with Crippen LogP contribution in [0.1, 0.15) is 6.23 Å². The molecule has 1 fully saturated rings. The largest absolute Gasteiger partial charge is 0.394 e. The highest BCUT2D eigenvalue weighted by atomic mass is 16.6. The summed E-state index contributed by atoms with van der Waals surface area (Å²) in [7, 11) is 1.83. The maximum Gasteiger partial charge on any atom is 0.262 e. The van der Waals surface area contributed by atoms with E-state index < -0.39 is 31.1 Å². The number of aliphatic hydroxyl groups excluding tert-OH is 3. The van der Waals surface area contributed by atoms with Gasteiger partial charge in [0.25, 0.3) is 5.56 Å². The molecule has 3 rings (SSSR count). The average Bonchev–Trinajstić information content (AvgIpc) is 2.95. The number of nitrogens with zero attached hydrogens (tertiary/aromatic N) is 2. The standard InChI is InChI=1S/C13H16N2O5/c1-14-4-2-7-8(14)3-5-15(12(7)19)13-11(18)10(17)9(6-16)20-13/h2-5,9-11,13,16-18H,6H2,1H3. The first kappa shape index (κ1) is 13.3. The van der Waals surface area contributed by atoms with Gasteiger partial charge in [0.05, 0.1) is 17.5 Å². The van der Waals surface area contributed by atoms with E-state index in [1.165, 1.54) is 10.8 Å². The topological polar surface area (TPSA) is 96.9 Å². The molecule has 0 amide bonds. The van der Waals surface area contributed by atoms with Gasteiger partial charge in [-0.15, -0.1) is 0 Å². The van der Waals surface area contributed by atoms with Gasteiger partial charge in [-0.1, -0.05) is 0 Å². The molecule has 2 aromatic heterocycles. The molecule has 7 heteroatoms. The summed E-state index contributed by atoms with van der Waals surface area (Å²) in [5, 5.41) is 29.3. The molecule has 7 nitrogen and oxygen atoms in total. The Kier molecular flexibility index (Phi) is 3.14. The number of hydrogen-bond donors (Lipinski definition) is 3. The van der Waals surface area contributed by atoms with Crippen molar-refractivity contribution in [3.63, 3.8) is 0 Å². The summed E-state index contributed by atoms with van der Waals surface area (Å²) in [5.74, 6) is 0. The number of aryl methyl sites for hydroxylation is 1. The van der Waals surface area contributed by atoms with E-state index >= 15 is 0 Å². The Morgan fingerprint density at radius 3 is 2.65 bits per heavy atom. The van der Waals surface area contributed by atoms with Gasteiger partial charge in [0.2, 0.25) is 0 Å². The van der Waals surface area contributed by atoms with E-state index in [1.54, 1.807) is 18.3 Å². The number of fused-ring (bicyclic) bond motifs is 1. The fraction of sp³-hybridized carbons (Fsp3) is 0.462. The minimum absolute atomic E-state index is 0.307. The fourth-order valence-corrected chi connectivity index (χ4v) is 2.60. The van der Waals surface area contributed by atoms with Crippen LogP contribution in [0.5, 0.6) is 0 Å². The van der Waals surface area contributed by atoms with Crippen molar-refractivity contribution in [3.8, 4) is 0 Å². The number of pyridine rings is 1. The number of aromatic nitrogens is 2. The Bertz CT molecular complexity index is 692. The van der Waals surface area contributed by atoms with Crippen molar-refractivity contribution >= 4 is 10.9 Å². The molecule has 3 N–H and O–H groups in total. The SMILES string of the molecule is Cn1ccc2c(=O)n(C3OC(CO)C(O)C3O)ccc21. The van der Waals surface area contributed by atoms with Gasteiger partial charge in [0.15, 0.2) is 6.23 Å². The van der Waals surface area contributed by atoms with Crippen LogP contribution in [0.25, 0.3) is 10.9 Å². The lowest BCUT2D eigenvalue weighted by Gasteiger charge is -2.17. The molecule has 1 aliphatic heterocycles. The molecular formula is C13H16N2O5. The first-order chi connectivity index (χ1) is 9.54. The molecule has 0 aliphatic carbocycles. The first-order valence-electron chi connectivity index (χ1n) is 6.33. The third kappa shape index (κ3) is 1.79. The summed E-state index contributed by atoms with van der Waals surface area (Å²) >= 11 is 0. The molecule has 3 heterocycles. The van der Waals surface area contributed by atoms with Gasteiger partial charge in [0, 0.05) is 19.4 Å². The van der Waals surface area contributed by atoms with E-state index in [4.69, 9.17) is 9.84 Å². The van der Waals surface area contributed by atoms with Gasteiger partial charge in [-0.25, -0.2) is 0 Å². The van der Waals surface area contributed by atoms with Crippen LogP contribution in [0.15, 0.2) is 29.3 Å². The maximum atomic E-state index is 12.4. The smallest absolute Gasteiger partial charge is 0.262 e. The highest BCUT2D eigenvalue weighted by molar-refractivity contribution is 5.78. The molecular weight excluding hydrogens is 264 g/mol. The van der Waals surface area contributed by atoms with Crippen molar-refractivity contribution in [2.45, 2.75) is 24.5 Å². The average molecular weight is 280 g/mol. The van der Waals surface area contributed by atoms with Crippen LogP contribution in [0, 0.1) is 0 Å². The van der Waals surface area contributed by atoms with Gasteiger partial charge in [-0.05, 0) is 12.1 Å². The van der Waals surface area contributed by atoms with E-state index in [9.17, 15) is 15.0 Å². The van der Waals surface area contributed by atoms with Gasteiger partial charge in [0.1, 0.15) is 18.3 Å². The second-order valence-corrected chi connectivity index (χ2v) is 4.98. The minimum atomic E-state index is -1.26. The van der Waals surface area contributed by atoms with Gasteiger partial charge >= 0.3 is 0 Å². The van der Waals surface area contributed by atoms with E-state index in [0.717, 1.165) is 5.52 Å². The monoisotopic (exact) mass is 280 g/mol. The predicted molar refractivity (Wildman–Crippen MR) is 70.2 cm³/mol. The Labute approximate surface area is 114 Å². The summed E-state index contributed by atoms with van der Waals surface area (Å²) < 4.78 is 8.42. The maximum absolute atomic E-state index is 12.4. The molecule has 0 bridgehead atoms. The van der Waals surface area contributed by atoms with Crippen LogP contribution >= 0.6 is 0 Å². The van der Waals surface area contributed by atoms with Gasteiger partial charge < -0.3 is 24.6 Å². The lowest BCUT2D eigenvalue weighted by atomic mass is 10.1. The Hall–Kier alpha value is -1.67. The van der Waals surface area contributed by atoms with Gasteiger partial charge in [-0.3, -0.25) is 9.36 Å². The van der Waals surface area contributed by atoms with Crippen LogP contribution in [0.3, 0.4) is 0 Å². The van der Waals surface area contributed by atoms with Crippen LogP contribution in [-0.2, 0) is 11.8 Å². The number of hydrogen-bond acceptors (Lipinski definition) is 5. The zero-order valence-corrected chi connectivity index (χ0v) is 10.9. The van der Waals surface area contributed by atoms with E-state index in [-0.39, 0.29) is 5.56 Å². The van der Waals surface area contributed by atoms with E-state index in [0.29, 0.717) is 5.39 Å². The summed E-state index contributed by atoms with van der Waals surface area (Å²) in [6, 6.07) is 3.43. The van der Waals surface area contributed by atoms with Crippen LogP contribution in [-0.4, -0.2) is 49.4 Å². The van der Waals surface area contributed by atoms with Crippen molar-refractivity contribution in [3.05, 3.63) is 34.9 Å². The molecule has 1 saturated heterocycles. The molecule has 2 aromatic rings. The zero-order chi connectivity index (χ0) is 14.4. The van der Waals surface area contributed by atoms with Crippen molar-refractivity contribution < 1.29 is 20.1 Å². The Morgan fingerprint density at radius 2 is 2.00 bits per heavy atom. The Morgan fingerprint density at radius 1 is 1.25 bits per heavy atom. The van der Waals surface area contributed by atoms with Crippen molar-refractivity contribution in [1.29, 1.82) is 0 Å². The van der Waals surface area contributed by atoms with E-state index in [2.05, 4.69) is 0 Å². The van der Waals surface area contributed by atoms with Crippen LogP contribution < -0.4 is 5.56 Å². The lowest BCUT2D eigenvalue weighted by molar-refractivity contribution is -0.0541. The summed E-state index contributed by atoms with van der Waals surface area (Å²) in [4.78, 5) is 12.4.